The minimum atomic E-state index is -0.963. The van der Waals surface area contributed by atoms with Crippen molar-refractivity contribution in [1.29, 1.82) is 0 Å². The molecule has 3 nitrogen and oxygen atoms in total. The number of rotatable bonds is 8. The zero-order chi connectivity index (χ0) is 13.4. The Morgan fingerprint density at radius 3 is 2.67 bits per heavy atom. The summed E-state index contributed by atoms with van der Waals surface area (Å²) in [5, 5.41) is 10.3. The second-order valence-corrected chi connectivity index (χ2v) is 6.14. The molecule has 0 aliphatic carbocycles. The molecule has 0 saturated heterocycles. The molecule has 0 amide bonds. The van der Waals surface area contributed by atoms with Gasteiger partial charge in [0.15, 0.2) is 0 Å². The van der Waals surface area contributed by atoms with Gasteiger partial charge in [-0.15, -0.1) is 0 Å². The summed E-state index contributed by atoms with van der Waals surface area (Å²) in [4.78, 5) is 0. The summed E-state index contributed by atoms with van der Waals surface area (Å²) >= 11 is 5.75. The average Bonchev–Trinajstić information content (AvgIpc) is 2.35. The van der Waals surface area contributed by atoms with Crippen LogP contribution in [0.15, 0.2) is 24.3 Å². The fraction of sp³-hybridized carbons (Fsp3) is 0.538. The van der Waals surface area contributed by atoms with Crippen LogP contribution in [-0.2, 0) is 10.8 Å². The van der Waals surface area contributed by atoms with Gasteiger partial charge in [-0.2, -0.15) is 0 Å². The summed E-state index contributed by atoms with van der Waals surface area (Å²) < 4.78 is 16.9. The van der Waals surface area contributed by atoms with Crippen molar-refractivity contribution in [3.63, 3.8) is 0 Å². The van der Waals surface area contributed by atoms with E-state index in [2.05, 4.69) is 6.92 Å². The zero-order valence-electron chi connectivity index (χ0n) is 10.5. The molecule has 0 fully saturated rings. The van der Waals surface area contributed by atoms with Crippen molar-refractivity contribution < 1.29 is 14.1 Å². The van der Waals surface area contributed by atoms with Crippen molar-refractivity contribution in [2.24, 2.45) is 0 Å². The lowest BCUT2D eigenvalue weighted by Gasteiger charge is -2.12. The van der Waals surface area contributed by atoms with Crippen LogP contribution in [0.5, 0.6) is 5.75 Å². The highest BCUT2D eigenvalue weighted by Crippen LogP contribution is 2.15. The Morgan fingerprint density at radius 2 is 2.06 bits per heavy atom. The molecule has 0 aliphatic heterocycles. The normalized spacial score (nSPS) is 14.2. The van der Waals surface area contributed by atoms with E-state index < -0.39 is 16.9 Å². The maximum atomic E-state index is 11.5. The molecule has 1 N–H and O–H groups in total. The monoisotopic (exact) mass is 290 g/mol. The molecular formula is C13H19ClO3S. The SMILES string of the molecule is CCCC[S@](=O)C[C@H](O)COc1ccc(Cl)cc1. The first-order chi connectivity index (χ1) is 8.61. The molecule has 0 saturated carbocycles. The fourth-order valence-electron chi connectivity index (χ4n) is 1.37. The van der Waals surface area contributed by atoms with Crippen molar-refractivity contribution in [3.8, 4) is 5.75 Å². The Balaban J connectivity index is 2.26. The van der Waals surface area contributed by atoms with Gasteiger partial charge in [0, 0.05) is 21.6 Å². The highest BCUT2D eigenvalue weighted by atomic mass is 35.5. The van der Waals surface area contributed by atoms with Crippen LogP contribution in [0, 0.1) is 0 Å². The van der Waals surface area contributed by atoms with E-state index in [-0.39, 0.29) is 12.4 Å². The summed E-state index contributed by atoms with van der Waals surface area (Å²) in [6.07, 6.45) is 1.25. The van der Waals surface area contributed by atoms with Gasteiger partial charge < -0.3 is 9.84 Å². The van der Waals surface area contributed by atoms with E-state index in [1.807, 2.05) is 0 Å². The highest BCUT2D eigenvalue weighted by Gasteiger charge is 2.10. The first-order valence-electron chi connectivity index (χ1n) is 6.03. The maximum Gasteiger partial charge on any atom is 0.119 e. The van der Waals surface area contributed by atoms with Gasteiger partial charge in [-0.25, -0.2) is 0 Å². The quantitative estimate of drug-likeness (QED) is 0.800. The third-order valence-corrected chi connectivity index (χ3v) is 4.11. The molecule has 5 heteroatoms. The molecule has 0 aromatic heterocycles. The number of benzene rings is 1. The molecule has 0 radical (unpaired) electrons. The van der Waals surface area contributed by atoms with Crippen molar-refractivity contribution in [1.82, 2.24) is 0 Å². The number of ether oxygens (including phenoxy) is 1. The van der Waals surface area contributed by atoms with Crippen LogP contribution in [0.2, 0.25) is 5.02 Å². The van der Waals surface area contributed by atoms with Gasteiger partial charge in [0.2, 0.25) is 0 Å². The molecule has 1 rings (SSSR count). The van der Waals surface area contributed by atoms with Crippen LogP contribution in [0.4, 0.5) is 0 Å². The van der Waals surface area contributed by atoms with Crippen molar-refractivity contribution >= 4 is 22.4 Å². The minimum absolute atomic E-state index is 0.152. The molecule has 18 heavy (non-hydrogen) atoms. The van der Waals surface area contributed by atoms with Crippen LogP contribution >= 0.6 is 11.6 Å². The third-order valence-electron chi connectivity index (χ3n) is 2.36. The Hall–Kier alpha value is -0.580. The standard InChI is InChI=1S/C13H19ClO3S/c1-2-3-8-18(16)10-12(15)9-17-13-6-4-11(14)5-7-13/h4-7,12,15H,2-3,8-10H2,1H3/t12-,18+/m1/s1. The largest absolute Gasteiger partial charge is 0.491 e. The summed E-state index contributed by atoms with van der Waals surface area (Å²) in [7, 11) is -0.963. The van der Waals surface area contributed by atoms with E-state index in [0.717, 1.165) is 12.8 Å². The maximum absolute atomic E-state index is 11.5. The Labute approximate surface area is 116 Å². The number of hydrogen-bond donors (Lipinski definition) is 1. The number of unbranched alkanes of at least 4 members (excludes halogenated alkanes) is 1. The van der Waals surface area contributed by atoms with Crippen molar-refractivity contribution in [2.75, 3.05) is 18.1 Å². The van der Waals surface area contributed by atoms with Crippen LogP contribution in [0.3, 0.4) is 0 Å². The van der Waals surface area contributed by atoms with Gasteiger partial charge in [-0.05, 0) is 30.7 Å². The van der Waals surface area contributed by atoms with E-state index >= 15 is 0 Å². The van der Waals surface area contributed by atoms with E-state index in [1.165, 1.54) is 0 Å². The van der Waals surface area contributed by atoms with Gasteiger partial charge in [-0.1, -0.05) is 24.9 Å². The molecule has 102 valence electrons. The Bertz CT molecular complexity index is 367. The van der Waals surface area contributed by atoms with Crippen molar-refractivity contribution in [3.05, 3.63) is 29.3 Å². The Morgan fingerprint density at radius 1 is 1.39 bits per heavy atom. The predicted octanol–water partition coefficient (Wildman–Crippen LogP) is 2.63. The Kier molecular flexibility index (Phi) is 7.32. The molecule has 0 aliphatic rings. The van der Waals surface area contributed by atoms with E-state index in [9.17, 15) is 9.32 Å². The zero-order valence-corrected chi connectivity index (χ0v) is 12.0. The lowest BCUT2D eigenvalue weighted by molar-refractivity contribution is 0.125. The summed E-state index contributed by atoms with van der Waals surface area (Å²) in [6.45, 7) is 2.21. The molecule has 1 aromatic carbocycles. The lowest BCUT2D eigenvalue weighted by Crippen LogP contribution is -2.25. The number of hydrogen-bond acceptors (Lipinski definition) is 3. The lowest BCUT2D eigenvalue weighted by atomic mass is 10.3. The van der Waals surface area contributed by atoms with Gasteiger partial charge in [0.05, 0.1) is 11.9 Å². The van der Waals surface area contributed by atoms with E-state index in [1.54, 1.807) is 24.3 Å². The van der Waals surface area contributed by atoms with Gasteiger partial charge >= 0.3 is 0 Å². The molecule has 0 bridgehead atoms. The van der Waals surface area contributed by atoms with Crippen LogP contribution in [-0.4, -0.2) is 33.5 Å². The first kappa shape index (κ1) is 15.5. The van der Waals surface area contributed by atoms with Crippen LogP contribution < -0.4 is 4.74 Å². The van der Waals surface area contributed by atoms with Crippen molar-refractivity contribution in [2.45, 2.75) is 25.9 Å². The molecule has 0 unspecified atom stereocenters. The van der Waals surface area contributed by atoms with Gasteiger partial charge in [-0.3, -0.25) is 4.21 Å². The second-order valence-electron chi connectivity index (χ2n) is 4.08. The van der Waals surface area contributed by atoms with E-state index in [4.69, 9.17) is 16.3 Å². The summed E-state index contributed by atoms with van der Waals surface area (Å²) in [5.41, 5.74) is 0. The molecular weight excluding hydrogens is 272 g/mol. The van der Waals surface area contributed by atoms with Gasteiger partial charge in [0.1, 0.15) is 12.4 Å². The molecule has 2 atom stereocenters. The minimum Gasteiger partial charge on any atom is -0.491 e. The number of aliphatic hydroxyl groups excluding tert-OH is 1. The topological polar surface area (TPSA) is 46.5 Å². The number of aliphatic hydroxyl groups is 1. The third kappa shape index (κ3) is 6.38. The summed E-state index contributed by atoms with van der Waals surface area (Å²) in [5.74, 6) is 1.57. The average molecular weight is 291 g/mol. The summed E-state index contributed by atoms with van der Waals surface area (Å²) in [6, 6.07) is 6.93. The second kappa shape index (κ2) is 8.51. The fourth-order valence-corrected chi connectivity index (χ4v) is 2.80. The van der Waals surface area contributed by atoms with Gasteiger partial charge in [0.25, 0.3) is 0 Å². The first-order valence-corrected chi connectivity index (χ1v) is 7.89. The molecule has 0 spiro atoms. The highest BCUT2D eigenvalue weighted by molar-refractivity contribution is 7.85. The van der Waals surface area contributed by atoms with Crippen LogP contribution in [0.1, 0.15) is 19.8 Å². The molecule has 1 aromatic rings. The smallest absolute Gasteiger partial charge is 0.119 e. The van der Waals surface area contributed by atoms with Crippen LogP contribution in [0.25, 0.3) is 0 Å². The molecule has 0 heterocycles. The van der Waals surface area contributed by atoms with E-state index in [0.29, 0.717) is 16.5 Å². The predicted molar refractivity (Wildman–Crippen MR) is 75.7 cm³/mol. The number of halogens is 1.